The highest BCUT2D eigenvalue weighted by Crippen LogP contribution is 2.33. The Bertz CT molecular complexity index is 1240. The fourth-order valence-electron chi connectivity index (χ4n) is 2.87. The van der Waals surface area contributed by atoms with E-state index < -0.39 is 21.8 Å². The maximum atomic E-state index is 13.0. The predicted octanol–water partition coefficient (Wildman–Crippen LogP) is 3.30. The first-order valence-electron chi connectivity index (χ1n) is 9.93. The minimum Gasteiger partial charge on any atom is -0.384 e. The number of anilines is 1. The molecule has 1 unspecified atom stereocenters. The largest absolute Gasteiger partial charge is 0.384 e. The Balaban J connectivity index is 1.61. The van der Waals surface area contributed by atoms with Gasteiger partial charge >= 0.3 is 0 Å². The fraction of sp³-hybridized carbons (Fsp3) is 0.286. The summed E-state index contributed by atoms with van der Waals surface area (Å²) in [6.07, 6.45) is 5.59. The van der Waals surface area contributed by atoms with Gasteiger partial charge in [0, 0.05) is 29.0 Å². The maximum absolute atomic E-state index is 13.0. The van der Waals surface area contributed by atoms with Crippen LogP contribution in [0.15, 0.2) is 59.0 Å². The van der Waals surface area contributed by atoms with Crippen molar-refractivity contribution in [3.05, 3.63) is 65.2 Å². The van der Waals surface area contributed by atoms with E-state index in [1.807, 2.05) is 6.92 Å². The molecular weight excluding hydrogens is 450 g/mol. The molecule has 11 heteroatoms. The molecule has 0 saturated heterocycles. The molecule has 0 bridgehead atoms. The highest BCUT2D eigenvalue weighted by molar-refractivity contribution is 7.92. The lowest BCUT2D eigenvalue weighted by Crippen LogP contribution is -2.24. The zero-order chi connectivity index (χ0) is 22.7. The molecule has 4 rings (SSSR count). The summed E-state index contributed by atoms with van der Waals surface area (Å²) in [6.45, 7) is 3.59. The molecule has 1 saturated carbocycles. The second-order valence-electron chi connectivity index (χ2n) is 7.29. The van der Waals surface area contributed by atoms with Crippen LogP contribution in [-0.4, -0.2) is 40.2 Å². The molecule has 1 atom stereocenters. The van der Waals surface area contributed by atoms with Crippen molar-refractivity contribution in [3.8, 4) is 0 Å². The maximum Gasteiger partial charge on any atom is 0.280 e. The Kier molecular flexibility index (Phi) is 6.28. The molecule has 166 valence electrons. The van der Waals surface area contributed by atoms with Crippen LogP contribution in [0.4, 0.5) is 5.13 Å². The lowest BCUT2D eigenvalue weighted by molar-refractivity contribution is -0.110. The Hall–Kier alpha value is -3.18. The van der Waals surface area contributed by atoms with Gasteiger partial charge in [0.1, 0.15) is 0 Å². The number of benzene rings is 1. The third kappa shape index (κ3) is 5.00. The summed E-state index contributed by atoms with van der Waals surface area (Å²) < 4.78 is 24.9. The molecule has 0 aliphatic heterocycles. The molecule has 2 aromatic heterocycles. The molecule has 9 nitrogen and oxygen atoms in total. The van der Waals surface area contributed by atoms with Gasteiger partial charge in [0.15, 0.2) is 32.6 Å². The molecule has 1 fully saturated rings. The topological polar surface area (TPSA) is 124 Å². The Morgan fingerprint density at radius 2 is 1.88 bits per heavy atom. The van der Waals surface area contributed by atoms with Gasteiger partial charge in [0.05, 0.1) is 10.1 Å². The first-order valence-corrected chi connectivity index (χ1v) is 12.3. The van der Waals surface area contributed by atoms with Gasteiger partial charge in [-0.1, -0.05) is 17.3 Å². The van der Waals surface area contributed by atoms with Crippen molar-refractivity contribution < 1.29 is 18.0 Å². The standard InChI is InChI=1S/C21H21N5O4S2/c1-13-12-24-21(31-13)25-20(27)18(26-30-14(2)19-22-10-3-11-23-19)15-4-6-16(7-5-15)32(28,29)17-8-9-17/h3-7,10-12,14,17H,8-9H2,1-2H3,(H,24,25,27)/b26-18+. The molecule has 2 heterocycles. The third-order valence-corrected chi connectivity index (χ3v) is 7.83. The van der Waals surface area contributed by atoms with E-state index >= 15 is 0 Å². The first-order chi connectivity index (χ1) is 15.3. The van der Waals surface area contributed by atoms with Crippen LogP contribution in [-0.2, 0) is 19.5 Å². The highest BCUT2D eigenvalue weighted by Gasteiger charge is 2.36. The number of carbonyl (C=O) groups excluding carboxylic acids is 1. The average molecular weight is 472 g/mol. The van der Waals surface area contributed by atoms with E-state index in [0.717, 1.165) is 4.88 Å². The molecule has 32 heavy (non-hydrogen) atoms. The zero-order valence-corrected chi connectivity index (χ0v) is 19.1. The molecule has 1 amide bonds. The number of hydrogen-bond acceptors (Lipinski definition) is 9. The van der Waals surface area contributed by atoms with Crippen molar-refractivity contribution in [1.29, 1.82) is 0 Å². The normalized spacial score (nSPS) is 15.2. The minimum absolute atomic E-state index is 0.0176. The summed E-state index contributed by atoms with van der Waals surface area (Å²) in [4.78, 5) is 32.0. The van der Waals surface area contributed by atoms with Crippen LogP contribution >= 0.6 is 11.3 Å². The van der Waals surface area contributed by atoms with Gasteiger partial charge < -0.3 is 4.84 Å². The molecule has 0 radical (unpaired) electrons. The molecule has 1 N–H and O–H groups in total. The molecule has 1 aromatic carbocycles. The monoisotopic (exact) mass is 471 g/mol. The second-order valence-corrected chi connectivity index (χ2v) is 10.8. The van der Waals surface area contributed by atoms with Crippen LogP contribution in [0.2, 0.25) is 0 Å². The van der Waals surface area contributed by atoms with Gasteiger partial charge in [-0.05, 0) is 44.9 Å². The van der Waals surface area contributed by atoms with Crippen molar-refractivity contribution in [3.63, 3.8) is 0 Å². The van der Waals surface area contributed by atoms with Gasteiger partial charge in [0.25, 0.3) is 5.91 Å². The quantitative estimate of drug-likeness (QED) is 0.395. The van der Waals surface area contributed by atoms with Crippen LogP contribution in [0.1, 0.15) is 42.1 Å². The SMILES string of the molecule is Cc1cnc(NC(=O)/C(=N/OC(C)c2ncccn2)c2ccc(S(=O)(=O)C3CC3)cc2)s1. The summed E-state index contributed by atoms with van der Waals surface area (Å²) in [5.41, 5.74) is 0.391. The van der Waals surface area contributed by atoms with E-state index in [9.17, 15) is 13.2 Å². The van der Waals surface area contributed by atoms with Crippen LogP contribution in [0.3, 0.4) is 0 Å². The number of aryl methyl sites for hydroxylation is 1. The van der Waals surface area contributed by atoms with Gasteiger partial charge in [-0.25, -0.2) is 23.4 Å². The number of thiazole rings is 1. The third-order valence-electron chi connectivity index (χ3n) is 4.73. The Labute approximate surface area is 189 Å². The molecule has 0 spiro atoms. The number of sulfone groups is 1. The average Bonchev–Trinajstić information content (AvgIpc) is 3.58. The lowest BCUT2D eigenvalue weighted by Gasteiger charge is -2.11. The van der Waals surface area contributed by atoms with Gasteiger partial charge in [-0.3, -0.25) is 10.1 Å². The summed E-state index contributed by atoms with van der Waals surface area (Å²) in [5, 5.41) is 6.88. The molecule has 1 aliphatic rings. The predicted molar refractivity (Wildman–Crippen MR) is 120 cm³/mol. The van der Waals surface area contributed by atoms with Crippen molar-refractivity contribution in [2.24, 2.45) is 5.16 Å². The molecule has 3 aromatic rings. The second kappa shape index (κ2) is 9.13. The van der Waals surface area contributed by atoms with Crippen LogP contribution in [0, 0.1) is 6.92 Å². The number of aromatic nitrogens is 3. The molecular formula is C21H21N5O4S2. The van der Waals surface area contributed by atoms with E-state index in [1.165, 1.54) is 23.5 Å². The lowest BCUT2D eigenvalue weighted by atomic mass is 10.1. The number of amides is 1. The summed E-state index contributed by atoms with van der Waals surface area (Å²) in [5.74, 6) is -0.115. The number of rotatable bonds is 8. The fourth-order valence-corrected chi connectivity index (χ4v) is 5.18. The Morgan fingerprint density at radius 3 is 2.47 bits per heavy atom. The van der Waals surface area contributed by atoms with E-state index in [4.69, 9.17) is 4.84 Å². The van der Waals surface area contributed by atoms with Gasteiger partial charge in [-0.15, -0.1) is 11.3 Å². The number of nitrogens with zero attached hydrogens (tertiary/aromatic N) is 4. The van der Waals surface area contributed by atoms with E-state index in [-0.39, 0.29) is 15.9 Å². The van der Waals surface area contributed by atoms with Crippen molar-refractivity contribution >= 4 is 37.9 Å². The Morgan fingerprint density at radius 1 is 1.19 bits per heavy atom. The zero-order valence-electron chi connectivity index (χ0n) is 17.4. The van der Waals surface area contributed by atoms with Crippen LogP contribution < -0.4 is 5.32 Å². The number of oxime groups is 1. The first kappa shape index (κ1) is 22.0. The minimum atomic E-state index is -3.33. The van der Waals surface area contributed by atoms with Gasteiger partial charge in [-0.2, -0.15) is 0 Å². The van der Waals surface area contributed by atoms with Gasteiger partial charge in [0.2, 0.25) is 0 Å². The van der Waals surface area contributed by atoms with Crippen LogP contribution in [0.5, 0.6) is 0 Å². The van der Waals surface area contributed by atoms with E-state index in [1.54, 1.807) is 43.7 Å². The smallest absolute Gasteiger partial charge is 0.280 e. The number of hydrogen-bond donors (Lipinski definition) is 1. The van der Waals surface area contributed by atoms with Crippen molar-refractivity contribution in [1.82, 2.24) is 15.0 Å². The van der Waals surface area contributed by atoms with Crippen LogP contribution in [0.25, 0.3) is 0 Å². The van der Waals surface area contributed by atoms with E-state index in [0.29, 0.717) is 29.4 Å². The van der Waals surface area contributed by atoms with Crippen molar-refractivity contribution in [2.75, 3.05) is 5.32 Å². The summed E-state index contributed by atoms with van der Waals surface area (Å²) in [7, 11) is -3.33. The van der Waals surface area contributed by atoms with E-state index in [2.05, 4.69) is 25.4 Å². The highest BCUT2D eigenvalue weighted by atomic mass is 32.2. The van der Waals surface area contributed by atoms with Crippen molar-refractivity contribution in [2.45, 2.75) is 42.9 Å². The summed E-state index contributed by atoms with van der Waals surface area (Å²) in [6, 6.07) is 7.76. The summed E-state index contributed by atoms with van der Waals surface area (Å²) >= 11 is 1.33. The number of carbonyl (C=O) groups is 1. The molecule has 1 aliphatic carbocycles. The number of nitrogens with one attached hydrogen (secondary N) is 1.